The van der Waals surface area contributed by atoms with Crippen molar-refractivity contribution in [3.63, 3.8) is 0 Å². The van der Waals surface area contributed by atoms with E-state index in [1.165, 1.54) is 6.26 Å². The van der Waals surface area contributed by atoms with Crippen molar-refractivity contribution in [3.8, 4) is 0 Å². The zero-order valence-corrected chi connectivity index (χ0v) is 7.26. The van der Waals surface area contributed by atoms with Gasteiger partial charge in [0.2, 0.25) is 0 Å². The average Bonchev–Trinajstić information content (AvgIpc) is 2.27. The van der Waals surface area contributed by atoms with Crippen molar-refractivity contribution in [2.75, 3.05) is 6.61 Å². The molecule has 1 atom stereocenters. The molecule has 1 aliphatic carbocycles. The highest BCUT2D eigenvalue weighted by Gasteiger charge is 2.36. The number of ether oxygens (including phenoxy) is 2. The number of rotatable bonds is 0. The summed E-state index contributed by atoms with van der Waals surface area (Å²) >= 11 is 0. The summed E-state index contributed by atoms with van der Waals surface area (Å²) in [5, 5.41) is 0. The Bertz CT molecular complexity index is 226. The van der Waals surface area contributed by atoms with Gasteiger partial charge in [0.25, 0.3) is 0 Å². The number of hydrogen-bond acceptors (Lipinski definition) is 2. The maximum absolute atomic E-state index is 12.7. The quantitative estimate of drug-likeness (QED) is 0.584. The summed E-state index contributed by atoms with van der Waals surface area (Å²) in [6.07, 6.45) is 1.66. The van der Waals surface area contributed by atoms with Crippen LogP contribution in [0.5, 0.6) is 0 Å². The number of fused-ring (bicyclic) bond motifs is 1. The Morgan fingerprint density at radius 2 is 2.23 bits per heavy atom. The van der Waals surface area contributed by atoms with Gasteiger partial charge in [0, 0.05) is 0 Å². The Balaban J connectivity index is 2.10. The molecule has 0 radical (unpaired) electrons. The molecule has 0 bridgehead atoms. The Labute approximate surface area is 75.5 Å². The van der Waals surface area contributed by atoms with E-state index in [4.69, 9.17) is 4.74 Å². The first-order valence-corrected chi connectivity index (χ1v) is 4.53. The summed E-state index contributed by atoms with van der Waals surface area (Å²) in [5.41, 5.74) is 0.878. The third-order valence-electron chi connectivity index (χ3n) is 2.43. The van der Waals surface area contributed by atoms with Crippen molar-refractivity contribution in [3.05, 3.63) is 11.8 Å². The fraction of sp³-hybridized carbons (Fsp3) is 0.778. The molecule has 0 amide bonds. The predicted molar refractivity (Wildman–Crippen MR) is 42.3 cm³/mol. The lowest BCUT2D eigenvalue weighted by Gasteiger charge is -2.22. The van der Waals surface area contributed by atoms with E-state index < -0.39 is 12.7 Å². The van der Waals surface area contributed by atoms with Crippen LogP contribution in [-0.4, -0.2) is 18.8 Å². The summed E-state index contributed by atoms with van der Waals surface area (Å²) in [5.74, 6) is 0. The normalized spacial score (nSPS) is 32.5. The van der Waals surface area contributed by atoms with Crippen molar-refractivity contribution in [1.82, 2.24) is 0 Å². The highest BCUT2D eigenvalue weighted by molar-refractivity contribution is 5.09. The zero-order chi connectivity index (χ0) is 9.31. The lowest BCUT2D eigenvalue weighted by molar-refractivity contribution is -0.233. The summed E-state index contributed by atoms with van der Waals surface area (Å²) in [7, 11) is 0. The van der Waals surface area contributed by atoms with Crippen LogP contribution in [0.4, 0.5) is 8.78 Å². The van der Waals surface area contributed by atoms with Crippen LogP contribution in [0.15, 0.2) is 11.8 Å². The molecule has 0 spiro atoms. The number of hydrogen-bond donors (Lipinski definition) is 0. The van der Waals surface area contributed by atoms with Crippen molar-refractivity contribution in [2.24, 2.45) is 0 Å². The monoisotopic (exact) mass is 190 g/mol. The summed E-state index contributed by atoms with van der Waals surface area (Å²) < 4.78 is 34.8. The van der Waals surface area contributed by atoms with E-state index in [1.54, 1.807) is 0 Å². The fourth-order valence-corrected chi connectivity index (χ4v) is 1.72. The van der Waals surface area contributed by atoms with Gasteiger partial charge in [-0.2, -0.15) is 8.78 Å². The summed E-state index contributed by atoms with van der Waals surface area (Å²) in [6, 6.07) is 0. The molecular formula is C9H12F2O2. The molecule has 74 valence electrons. The second-order valence-corrected chi connectivity index (χ2v) is 3.49. The molecular weight excluding hydrogens is 178 g/mol. The Hall–Kier alpha value is -0.640. The highest BCUT2D eigenvalue weighted by atomic mass is 19.3. The average molecular weight is 190 g/mol. The van der Waals surface area contributed by atoms with Gasteiger partial charge in [-0.25, -0.2) is 0 Å². The van der Waals surface area contributed by atoms with Crippen LogP contribution in [0.2, 0.25) is 0 Å². The largest absolute Gasteiger partial charge is 0.439 e. The number of halogens is 2. The molecule has 0 saturated heterocycles. The first kappa shape index (κ1) is 8.94. The van der Waals surface area contributed by atoms with Crippen LogP contribution in [0.1, 0.15) is 25.7 Å². The summed E-state index contributed by atoms with van der Waals surface area (Å²) in [6.45, 7) is -0.627. The Kier molecular flexibility index (Phi) is 2.24. The van der Waals surface area contributed by atoms with Gasteiger partial charge in [0.05, 0.1) is 12.4 Å². The third-order valence-corrected chi connectivity index (χ3v) is 2.43. The molecule has 2 nitrogen and oxygen atoms in total. The molecule has 2 rings (SSSR count). The SMILES string of the molecule is FC1(F)COC2CCCCC2=CO1. The smallest absolute Gasteiger partial charge is 0.421 e. The first-order valence-electron chi connectivity index (χ1n) is 4.53. The lowest BCUT2D eigenvalue weighted by Crippen LogP contribution is -2.27. The van der Waals surface area contributed by atoms with E-state index in [1.807, 2.05) is 0 Å². The molecule has 0 aromatic rings. The maximum atomic E-state index is 12.7. The molecule has 4 heteroatoms. The van der Waals surface area contributed by atoms with Gasteiger partial charge in [0.1, 0.15) is 0 Å². The van der Waals surface area contributed by atoms with Gasteiger partial charge < -0.3 is 9.47 Å². The molecule has 1 heterocycles. The molecule has 1 aliphatic heterocycles. The number of alkyl halides is 2. The van der Waals surface area contributed by atoms with Crippen molar-refractivity contribution in [1.29, 1.82) is 0 Å². The van der Waals surface area contributed by atoms with E-state index in [0.717, 1.165) is 31.3 Å². The molecule has 13 heavy (non-hydrogen) atoms. The molecule has 0 aromatic carbocycles. The third kappa shape index (κ3) is 1.99. The minimum absolute atomic E-state index is 0.137. The van der Waals surface area contributed by atoms with Crippen molar-refractivity contribution in [2.45, 2.75) is 37.9 Å². The Morgan fingerprint density at radius 3 is 3.08 bits per heavy atom. The van der Waals surface area contributed by atoms with E-state index in [2.05, 4.69) is 4.74 Å². The predicted octanol–water partition coefficient (Wildman–Crippen LogP) is 2.45. The van der Waals surface area contributed by atoms with Gasteiger partial charge in [-0.15, -0.1) is 0 Å². The van der Waals surface area contributed by atoms with Gasteiger partial charge in [-0.3, -0.25) is 0 Å². The van der Waals surface area contributed by atoms with Crippen LogP contribution in [0.25, 0.3) is 0 Å². The van der Waals surface area contributed by atoms with Crippen LogP contribution >= 0.6 is 0 Å². The van der Waals surface area contributed by atoms with E-state index >= 15 is 0 Å². The second kappa shape index (κ2) is 3.25. The van der Waals surface area contributed by atoms with E-state index in [9.17, 15) is 8.78 Å². The van der Waals surface area contributed by atoms with Gasteiger partial charge >= 0.3 is 6.11 Å². The second-order valence-electron chi connectivity index (χ2n) is 3.49. The minimum Gasteiger partial charge on any atom is -0.439 e. The minimum atomic E-state index is -3.15. The Morgan fingerprint density at radius 1 is 1.38 bits per heavy atom. The van der Waals surface area contributed by atoms with Crippen molar-refractivity contribution < 1.29 is 18.3 Å². The first-order chi connectivity index (χ1) is 6.17. The van der Waals surface area contributed by atoms with E-state index in [0.29, 0.717) is 0 Å². The fourth-order valence-electron chi connectivity index (χ4n) is 1.72. The molecule has 0 N–H and O–H groups in total. The van der Waals surface area contributed by atoms with Crippen LogP contribution in [0, 0.1) is 0 Å². The van der Waals surface area contributed by atoms with E-state index in [-0.39, 0.29) is 6.10 Å². The highest BCUT2D eigenvalue weighted by Crippen LogP contribution is 2.31. The topological polar surface area (TPSA) is 18.5 Å². The molecule has 2 aliphatic rings. The van der Waals surface area contributed by atoms with Crippen LogP contribution < -0.4 is 0 Å². The molecule has 1 unspecified atom stereocenters. The standard InChI is InChI=1S/C9H12F2O2/c10-9(11)6-12-8-4-2-1-3-7(8)5-13-9/h5,8H,1-4,6H2. The molecule has 1 saturated carbocycles. The van der Waals surface area contributed by atoms with Gasteiger partial charge in [-0.05, 0) is 24.8 Å². The lowest BCUT2D eigenvalue weighted by atomic mass is 9.93. The molecule has 0 aromatic heterocycles. The van der Waals surface area contributed by atoms with Crippen molar-refractivity contribution >= 4 is 0 Å². The summed E-state index contributed by atoms with van der Waals surface area (Å²) in [4.78, 5) is 0. The van der Waals surface area contributed by atoms with Gasteiger partial charge in [-0.1, -0.05) is 6.42 Å². The van der Waals surface area contributed by atoms with Gasteiger partial charge in [0.15, 0.2) is 6.61 Å². The van der Waals surface area contributed by atoms with Crippen LogP contribution in [0.3, 0.4) is 0 Å². The maximum Gasteiger partial charge on any atom is 0.421 e. The zero-order valence-electron chi connectivity index (χ0n) is 7.26. The molecule has 1 fully saturated rings. The van der Waals surface area contributed by atoms with Crippen LogP contribution in [-0.2, 0) is 9.47 Å².